The average molecular weight is 324 g/mol. The minimum Gasteiger partial charge on any atom is -0.339 e. The Hall–Kier alpha value is -0.830. The number of amides is 1. The summed E-state index contributed by atoms with van der Waals surface area (Å²) in [5.41, 5.74) is 1.90. The van der Waals surface area contributed by atoms with Crippen LogP contribution >= 0.6 is 15.9 Å². The molecule has 0 bridgehead atoms. The van der Waals surface area contributed by atoms with Gasteiger partial charge in [-0.25, -0.2) is 0 Å². The first-order valence-electron chi connectivity index (χ1n) is 7.13. The maximum atomic E-state index is 12.6. The lowest BCUT2D eigenvalue weighted by molar-refractivity contribution is 0.0716. The number of carbonyl (C=O) groups is 1. The topological polar surface area (TPSA) is 20.3 Å². The molecular weight excluding hydrogens is 302 g/mol. The van der Waals surface area contributed by atoms with Crippen molar-refractivity contribution in [2.45, 2.75) is 51.5 Å². The van der Waals surface area contributed by atoms with Crippen molar-refractivity contribution in [2.24, 2.45) is 0 Å². The second-order valence-electron chi connectivity index (χ2n) is 5.50. The van der Waals surface area contributed by atoms with Gasteiger partial charge in [-0.15, -0.1) is 0 Å². The molecule has 1 aliphatic carbocycles. The van der Waals surface area contributed by atoms with Crippen LogP contribution in [0.4, 0.5) is 0 Å². The molecule has 2 nitrogen and oxygen atoms in total. The zero-order valence-corrected chi connectivity index (χ0v) is 13.4. The van der Waals surface area contributed by atoms with E-state index < -0.39 is 0 Å². The highest BCUT2D eigenvalue weighted by Crippen LogP contribution is 2.26. The molecule has 0 atom stereocenters. The molecule has 1 amide bonds. The van der Waals surface area contributed by atoms with E-state index in [9.17, 15) is 4.79 Å². The Labute approximate surface area is 124 Å². The lowest BCUT2D eigenvalue weighted by Gasteiger charge is -2.27. The Morgan fingerprint density at radius 2 is 1.84 bits per heavy atom. The molecule has 1 aliphatic rings. The second kappa shape index (κ2) is 6.56. The zero-order chi connectivity index (χ0) is 13.8. The number of rotatable bonds is 2. The number of hydrogen-bond donors (Lipinski definition) is 0. The molecule has 1 aromatic carbocycles. The molecule has 0 saturated heterocycles. The molecule has 104 valence electrons. The normalized spacial score (nSPS) is 17.0. The van der Waals surface area contributed by atoms with Crippen LogP contribution in [0.2, 0.25) is 0 Å². The number of hydrogen-bond acceptors (Lipinski definition) is 1. The molecule has 1 aromatic rings. The van der Waals surface area contributed by atoms with Gasteiger partial charge in [0.1, 0.15) is 0 Å². The number of aryl methyl sites for hydroxylation is 1. The monoisotopic (exact) mass is 323 g/mol. The number of benzene rings is 1. The van der Waals surface area contributed by atoms with Crippen LogP contribution < -0.4 is 0 Å². The van der Waals surface area contributed by atoms with Crippen molar-refractivity contribution in [3.05, 3.63) is 33.8 Å². The van der Waals surface area contributed by atoms with Gasteiger partial charge in [0.15, 0.2) is 0 Å². The van der Waals surface area contributed by atoms with E-state index in [1.165, 1.54) is 25.7 Å². The Morgan fingerprint density at radius 3 is 2.47 bits per heavy atom. The van der Waals surface area contributed by atoms with Crippen LogP contribution in [-0.4, -0.2) is 23.9 Å². The zero-order valence-electron chi connectivity index (χ0n) is 11.8. The number of nitrogens with zero attached hydrogens (tertiary/aromatic N) is 1. The van der Waals surface area contributed by atoms with E-state index in [1.54, 1.807) is 0 Å². The molecule has 19 heavy (non-hydrogen) atoms. The fourth-order valence-corrected chi connectivity index (χ4v) is 3.25. The molecule has 0 heterocycles. The van der Waals surface area contributed by atoms with Crippen molar-refractivity contribution in [3.8, 4) is 0 Å². The van der Waals surface area contributed by atoms with Gasteiger partial charge in [-0.3, -0.25) is 4.79 Å². The maximum absolute atomic E-state index is 12.6. The fraction of sp³-hybridized carbons (Fsp3) is 0.562. The predicted molar refractivity (Wildman–Crippen MR) is 82.5 cm³/mol. The first-order valence-corrected chi connectivity index (χ1v) is 7.93. The molecule has 0 radical (unpaired) electrons. The van der Waals surface area contributed by atoms with Gasteiger partial charge >= 0.3 is 0 Å². The Kier molecular flexibility index (Phi) is 5.03. The maximum Gasteiger partial charge on any atom is 0.254 e. The van der Waals surface area contributed by atoms with E-state index in [-0.39, 0.29) is 5.91 Å². The van der Waals surface area contributed by atoms with E-state index in [0.29, 0.717) is 6.04 Å². The number of halogens is 1. The lowest BCUT2D eigenvalue weighted by Crippen LogP contribution is -2.37. The Balaban J connectivity index is 2.15. The second-order valence-corrected chi connectivity index (χ2v) is 6.29. The van der Waals surface area contributed by atoms with Crippen LogP contribution in [0.3, 0.4) is 0 Å². The van der Waals surface area contributed by atoms with Gasteiger partial charge in [0.25, 0.3) is 5.91 Å². The highest BCUT2D eigenvalue weighted by Gasteiger charge is 2.23. The summed E-state index contributed by atoms with van der Waals surface area (Å²) in [6, 6.07) is 6.29. The number of carbonyl (C=O) groups excluding carboxylic acids is 1. The van der Waals surface area contributed by atoms with Crippen molar-refractivity contribution in [1.29, 1.82) is 0 Å². The first kappa shape index (κ1) is 14.6. The van der Waals surface area contributed by atoms with E-state index >= 15 is 0 Å². The smallest absolute Gasteiger partial charge is 0.254 e. The van der Waals surface area contributed by atoms with Gasteiger partial charge in [-0.2, -0.15) is 0 Å². The molecule has 3 heteroatoms. The van der Waals surface area contributed by atoms with Gasteiger partial charge in [0.05, 0.1) is 5.56 Å². The molecule has 1 fully saturated rings. The summed E-state index contributed by atoms with van der Waals surface area (Å²) < 4.78 is 0.931. The molecule has 0 spiro atoms. The van der Waals surface area contributed by atoms with Crippen molar-refractivity contribution >= 4 is 21.8 Å². The van der Waals surface area contributed by atoms with Crippen molar-refractivity contribution < 1.29 is 4.79 Å². The molecule has 0 unspecified atom stereocenters. The van der Waals surface area contributed by atoms with Crippen molar-refractivity contribution in [2.75, 3.05) is 7.05 Å². The highest BCUT2D eigenvalue weighted by molar-refractivity contribution is 9.10. The standard InChI is InChI=1S/C16H22BrNO/c1-12-8-7-11-14(15(12)17)16(19)18(2)13-9-5-3-4-6-10-13/h7-8,11,13H,3-6,9-10H2,1-2H3. The summed E-state index contributed by atoms with van der Waals surface area (Å²) in [5, 5.41) is 0. The third-order valence-corrected chi connectivity index (χ3v) is 5.17. The van der Waals surface area contributed by atoms with E-state index in [1.807, 2.05) is 37.1 Å². The summed E-state index contributed by atoms with van der Waals surface area (Å²) in [6.45, 7) is 2.02. The molecule has 2 rings (SSSR count). The van der Waals surface area contributed by atoms with Crippen LogP contribution in [0.15, 0.2) is 22.7 Å². The SMILES string of the molecule is Cc1cccc(C(=O)N(C)C2CCCCCC2)c1Br. The summed E-state index contributed by atoms with van der Waals surface area (Å²) in [7, 11) is 1.95. The molecule has 0 aromatic heterocycles. The fourth-order valence-electron chi connectivity index (χ4n) is 2.81. The van der Waals surface area contributed by atoms with Gasteiger partial charge in [-0.05, 0) is 47.3 Å². The molecule has 0 aliphatic heterocycles. The quantitative estimate of drug-likeness (QED) is 0.731. The molecular formula is C16H22BrNO. The third kappa shape index (κ3) is 3.38. The lowest BCUT2D eigenvalue weighted by atomic mass is 10.1. The van der Waals surface area contributed by atoms with Gasteiger partial charge in [0, 0.05) is 17.6 Å². The summed E-state index contributed by atoms with van der Waals surface area (Å²) in [6.07, 6.45) is 7.41. The van der Waals surface area contributed by atoms with Crippen molar-refractivity contribution in [3.63, 3.8) is 0 Å². The van der Waals surface area contributed by atoms with Crippen LogP contribution in [0.5, 0.6) is 0 Å². The predicted octanol–water partition coefficient (Wildman–Crippen LogP) is 4.55. The summed E-state index contributed by atoms with van der Waals surface area (Å²) in [5.74, 6) is 0.141. The Bertz CT molecular complexity index is 450. The molecule has 0 N–H and O–H groups in total. The van der Waals surface area contributed by atoms with Crippen LogP contribution in [0.1, 0.15) is 54.4 Å². The van der Waals surface area contributed by atoms with Gasteiger partial charge < -0.3 is 4.90 Å². The first-order chi connectivity index (χ1) is 9.11. The highest BCUT2D eigenvalue weighted by atomic mass is 79.9. The van der Waals surface area contributed by atoms with E-state index in [0.717, 1.165) is 28.4 Å². The van der Waals surface area contributed by atoms with Gasteiger partial charge in [-0.1, -0.05) is 37.8 Å². The van der Waals surface area contributed by atoms with Crippen LogP contribution in [0, 0.1) is 6.92 Å². The van der Waals surface area contributed by atoms with Crippen LogP contribution in [-0.2, 0) is 0 Å². The largest absolute Gasteiger partial charge is 0.339 e. The Morgan fingerprint density at radius 1 is 1.21 bits per heavy atom. The average Bonchev–Trinajstić information content (AvgIpc) is 2.69. The van der Waals surface area contributed by atoms with Crippen LogP contribution in [0.25, 0.3) is 0 Å². The minimum atomic E-state index is 0.141. The summed E-state index contributed by atoms with van der Waals surface area (Å²) >= 11 is 3.54. The van der Waals surface area contributed by atoms with Gasteiger partial charge in [0.2, 0.25) is 0 Å². The minimum absolute atomic E-state index is 0.141. The summed E-state index contributed by atoms with van der Waals surface area (Å²) in [4.78, 5) is 14.6. The van der Waals surface area contributed by atoms with Crippen molar-refractivity contribution in [1.82, 2.24) is 4.90 Å². The van der Waals surface area contributed by atoms with E-state index in [4.69, 9.17) is 0 Å². The third-order valence-electron chi connectivity index (χ3n) is 4.11. The molecule has 1 saturated carbocycles. The van der Waals surface area contributed by atoms with E-state index in [2.05, 4.69) is 15.9 Å².